The van der Waals surface area contributed by atoms with Gasteiger partial charge in [-0.2, -0.15) is 0 Å². The van der Waals surface area contributed by atoms with Gasteiger partial charge in [0, 0.05) is 38.4 Å². The van der Waals surface area contributed by atoms with Gasteiger partial charge in [0.15, 0.2) is 4.91 Å². The largest absolute Gasteiger partial charge is 0.385 e. The highest BCUT2D eigenvalue weighted by Gasteiger charge is 2.39. The molecule has 0 aromatic heterocycles. The Kier molecular flexibility index (Phi) is 5.62. The molecule has 0 fully saturated rings. The fourth-order valence-electron chi connectivity index (χ4n) is 3.10. The van der Waals surface area contributed by atoms with Gasteiger partial charge in [-0.25, -0.2) is 8.42 Å². The zero-order chi connectivity index (χ0) is 19.4. The van der Waals surface area contributed by atoms with E-state index in [1.807, 2.05) is 42.5 Å². The van der Waals surface area contributed by atoms with Gasteiger partial charge in [-0.15, -0.1) is 0 Å². The Balaban J connectivity index is 2.18. The fraction of sp³-hybridized carbons (Fsp3) is 0.250. The summed E-state index contributed by atoms with van der Waals surface area (Å²) in [6.45, 7) is 0.819. The fourth-order valence-corrected chi connectivity index (χ4v) is 4.58. The molecule has 0 aliphatic carbocycles. The number of hydrogen-bond donors (Lipinski definition) is 1. The maximum absolute atomic E-state index is 13.2. The number of amides is 1. The van der Waals surface area contributed by atoms with Crippen molar-refractivity contribution in [1.29, 1.82) is 0 Å². The summed E-state index contributed by atoms with van der Waals surface area (Å²) in [5, 5.41) is 2.71. The van der Waals surface area contributed by atoms with E-state index in [-0.39, 0.29) is 4.91 Å². The molecule has 7 heteroatoms. The van der Waals surface area contributed by atoms with Crippen LogP contribution in [0.1, 0.15) is 17.5 Å². The molecule has 1 aliphatic heterocycles. The van der Waals surface area contributed by atoms with Gasteiger partial charge in [0.1, 0.15) is 0 Å². The van der Waals surface area contributed by atoms with Crippen LogP contribution < -0.4 is 9.62 Å². The number of ether oxygens (including phenoxy) is 1. The number of rotatable bonds is 6. The molecule has 0 atom stereocenters. The van der Waals surface area contributed by atoms with Crippen molar-refractivity contribution in [2.75, 3.05) is 31.6 Å². The molecule has 6 nitrogen and oxygen atoms in total. The SMILES string of the molecule is COCCCNC(=O)C1=C(c2ccccc2)c2ccccc2N(C)S1(=O)=O. The van der Waals surface area contributed by atoms with E-state index in [9.17, 15) is 13.2 Å². The number of benzene rings is 2. The molecule has 3 rings (SSSR count). The van der Waals surface area contributed by atoms with Crippen LogP contribution in [0.15, 0.2) is 59.5 Å². The molecule has 0 saturated heterocycles. The maximum Gasteiger partial charge on any atom is 0.270 e. The molecular formula is C20H22N2O4S. The summed E-state index contributed by atoms with van der Waals surface area (Å²) < 4.78 is 32.5. The van der Waals surface area contributed by atoms with E-state index < -0.39 is 15.9 Å². The third kappa shape index (κ3) is 3.61. The Morgan fingerprint density at radius 3 is 2.44 bits per heavy atom. The van der Waals surface area contributed by atoms with E-state index in [0.29, 0.717) is 42.0 Å². The van der Waals surface area contributed by atoms with Gasteiger partial charge in [0.25, 0.3) is 15.9 Å². The highest BCUT2D eigenvalue weighted by atomic mass is 32.2. The number of hydrogen-bond acceptors (Lipinski definition) is 4. The zero-order valence-electron chi connectivity index (χ0n) is 15.3. The number of anilines is 1. The molecule has 0 saturated carbocycles. The van der Waals surface area contributed by atoms with E-state index >= 15 is 0 Å². The first-order chi connectivity index (χ1) is 13.0. The van der Waals surface area contributed by atoms with Crippen molar-refractivity contribution < 1.29 is 17.9 Å². The van der Waals surface area contributed by atoms with Crippen molar-refractivity contribution in [3.63, 3.8) is 0 Å². The minimum Gasteiger partial charge on any atom is -0.385 e. The molecule has 1 N–H and O–H groups in total. The summed E-state index contributed by atoms with van der Waals surface area (Å²) in [6.07, 6.45) is 0.600. The lowest BCUT2D eigenvalue weighted by Crippen LogP contribution is -2.39. The molecule has 0 radical (unpaired) electrons. The first-order valence-corrected chi connectivity index (χ1v) is 10.1. The number of carbonyl (C=O) groups is 1. The van der Waals surface area contributed by atoms with Crippen LogP contribution in [0.3, 0.4) is 0 Å². The van der Waals surface area contributed by atoms with E-state index in [0.717, 1.165) is 0 Å². The van der Waals surface area contributed by atoms with E-state index in [1.54, 1.807) is 19.2 Å². The summed E-state index contributed by atoms with van der Waals surface area (Å²) in [6, 6.07) is 16.3. The molecule has 0 spiro atoms. The number of sulfonamides is 1. The van der Waals surface area contributed by atoms with Crippen molar-refractivity contribution in [1.82, 2.24) is 5.32 Å². The first kappa shape index (κ1) is 19.1. The average molecular weight is 386 g/mol. The van der Waals surface area contributed by atoms with Crippen molar-refractivity contribution in [3.8, 4) is 0 Å². The lowest BCUT2D eigenvalue weighted by molar-refractivity contribution is -0.116. The van der Waals surface area contributed by atoms with Gasteiger partial charge in [-0.1, -0.05) is 48.5 Å². The number of nitrogens with zero attached hydrogens (tertiary/aromatic N) is 1. The Hall–Kier alpha value is -2.64. The van der Waals surface area contributed by atoms with Gasteiger partial charge in [0.05, 0.1) is 5.69 Å². The van der Waals surface area contributed by atoms with Crippen molar-refractivity contribution in [3.05, 3.63) is 70.6 Å². The molecule has 0 unspecified atom stereocenters. The monoisotopic (exact) mass is 386 g/mol. The van der Waals surface area contributed by atoms with E-state index in [1.165, 1.54) is 11.4 Å². The van der Waals surface area contributed by atoms with Crippen LogP contribution in [0.2, 0.25) is 0 Å². The standard InChI is InChI=1S/C20H22N2O4S/c1-22-17-12-7-6-11-16(17)18(15-9-4-3-5-10-15)19(27(22,24)25)20(23)21-13-8-14-26-2/h3-7,9-12H,8,13-14H2,1-2H3,(H,21,23). The minimum absolute atomic E-state index is 0.229. The number of para-hydroxylation sites is 1. The molecular weight excluding hydrogens is 364 g/mol. The normalized spacial score (nSPS) is 15.4. The molecule has 142 valence electrons. The number of methoxy groups -OCH3 is 1. The third-order valence-corrected chi connectivity index (χ3v) is 6.26. The lowest BCUT2D eigenvalue weighted by atomic mass is 9.95. The van der Waals surface area contributed by atoms with E-state index in [4.69, 9.17) is 4.74 Å². The molecule has 2 aromatic rings. The summed E-state index contributed by atoms with van der Waals surface area (Å²) in [4.78, 5) is 12.7. The summed E-state index contributed by atoms with van der Waals surface area (Å²) >= 11 is 0. The molecule has 1 amide bonds. The number of nitrogens with one attached hydrogen (secondary N) is 1. The Labute approximate surface area is 159 Å². The molecule has 0 bridgehead atoms. The Bertz CT molecular complexity index is 968. The van der Waals surface area contributed by atoms with Crippen molar-refractivity contribution >= 4 is 27.2 Å². The van der Waals surface area contributed by atoms with Gasteiger partial charge in [-0.3, -0.25) is 9.10 Å². The third-order valence-electron chi connectivity index (χ3n) is 4.44. The molecule has 1 heterocycles. The van der Waals surface area contributed by atoms with Gasteiger partial charge in [-0.05, 0) is 18.1 Å². The lowest BCUT2D eigenvalue weighted by Gasteiger charge is -2.30. The van der Waals surface area contributed by atoms with Crippen LogP contribution in [0.25, 0.3) is 5.57 Å². The second-order valence-corrected chi connectivity index (χ2v) is 8.07. The van der Waals surface area contributed by atoms with Crippen LogP contribution in [0, 0.1) is 0 Å². The smallest absolute Gasteiger partial charge is 0.270 e. The number of carbonyl (C=O) groups excluding carboxylic acids is 1. The van der Waals surface area contributed by atoms with Crippen molar-refractivity contribution in [2.45, 2.75) is 6.42 Å². The molecule has 2 aromatic carbocycles. The van der Waals surface area contributed by atoms with Gasteiger partial charge < -0.3 is 10.1 Å². The second kappa shape index (κ2) is 7.94. The molecule has 27 heavy (non-hydrogen) atoms. The van der Waals surface area contributed by atoms with Gasteiger partial charge >= 0.3 is 0 Å². The van der Waals surface area contributed by atoms with Crippen LogP contribution >= 0.6 is 0 Å². The average Bonchev–Trinajstić information content (AvgIpc) is 2.68. The summed E-state index contributed by atoms with van der Waals surface area (Å²) in [5.74, 6) is -0.605. The first-order valence-electron chi connectivity index (χ1n) is 8.63. The highest BCUT2D eigenvalue weighted by molar-refractivity contribution is 7.97. The Morgan fingerprint density at radius 2 is 1.74 bits per heavy atom. The topological polar surface area (TPSA) is 75.7 Å². The van der Waals surface area contributed by atoms with Crippen LogP contribution in [-0.4, -0.2) is 41.6 Å². The van der Waals surface area contributed by atoms with Gasteiger partial charge in [0.2, 0.25) is 0 Å². The molecule has 1 aliphatic rings. The minimum atomic E-state index is -3.99. The van der Waals surface area contributed by atoms with Crippen LogP contribution in [0.5, 0.6) is 0 Å². The predicted octanol–water partition coefficient (Wildman–Crippen LogP) is 2.38. The number of fused-ring (bicyclic) bond motifs is 1. The zero-order valence-corrected chi connectivity index (χ0v) is 16.1. The summed E-state index contributed by atoms with van der Waals surface area (Å²) in [5.41, 5.74) is 2.37. The van der Waals surface area contributed by atoms with E-state index in [2.05, 4.69) is 5.32 Å². The predicted molar refractivity (Wildman–Crippen MR) is 106 cm³/mol. The van der Waals surface area contributed by atoms with Crippen LogP contribution in [-0.2, 0) is 19.6 Å². The highest BCUT2D eigenvalue weighted by Crippen LogP contribution is 2.41. The van der Waals surface area contributed by atoms with Crippen LogP contribution in [0.4, 0.5) is 5.69 Å². The Morgan fingerprint density at radius 1 is 1.07 bits per heavy atom. The maximum atomic E-state index is 13.2. The second-order valence-electron chi connectivity index (χ2n) is 6.16. The summed E-state index contributed by atoms with van der Waals surface area (Å²) in [7, 11) is -0.940. The van der Waals surface area contributed by atoms with Crippen molar-refractivity contribution in [2.24, 2.45) is 0 Å². The quantitative estimate of drug-likeness (QED) is 0.774.